The Balaban J connectivity index is 0.00000392. The van der Waals surface area contributed by atoms with Crippen LogP contribution in [0.15, 0.2) is 41.4 Å². The van der Waals surface area contributed by atoms with Gasteiger partial charge in [0.2, 0.25) is 0 Å². The molecule has 2 rings (SSSR count). The summed E-state index contributed by atoms with van der Waals surface area (Å²) in [5.74, 6) is 2.58. The molecule has 0 fully saturated rings. The van der Waals surface area contributed by atoms with E-state index in [2.05, 4.69) is 15.6 Å². The number of benzene rings is 2. The monoisotopic (exact) mass is 501 g/mol. The van der Waals surface area contributed by atoms with Crippen LogP contribution in [0, 0.1) is 0 Å². The van der Waals surface area contributed by atoms with E-state index in [0.29, 0.717) is 36.3 Å². The zero-order valence-electron chi connectivity index (χ0n) is 16.6. The van der Waals surface area contributed by atoms with Gasteiger partial charge in [0, 0.05) is 18.7 Å². The van der Waals surface area contributed by atoms with Crippen molar-refractivity contribution in [1.82, 2.24) is 10.6 Å². The van der Waals surface area contributed by atoms with Crippen LogP contribution in [0.1, 0.15) is 18.1 Å². The van der Waals surface area contributed by atoms with Crippen LogP contribution in [-0.2, 0) is 13.1 Å². The summed E-state index contributed by atoms with van der Waals surface area (Å²) >= 11 is 0. The number of methoxy groups -OCH3 is 3. The van der Waals surface area contributed by atoms with Gasteiger partial charge >= 0.3 is 0 Å². The maximum atomic E-state index is 10.2. The summed E-state index contributed by atoms with van der Waals surface area (Å²) in [6.45, 7) is 3.61. The summed E-state index contributed by atoms with van der Waals surface area (Å²) in [5.41, 5.74) is 1.72. The highest BCUT2D eigenvalue weighted by Crippen LogP contribution is 2.29. The molecule has 0 heterocycles. The molecule has 0 aromatic heterocycles. The van der Waals surface area contributed by atoms with E-state index in [0.717, 1.165) is 17.7 Å². The fourth-order valence-electron chi connectivity index (χ4n) is 2.55. The van der Waals surface area contributed by atoms with E-state index < -0.39 is 0 Å². The van der Waals surface area contributed by atoms with Crippen molar-refractivity contribution in [3.63, 3.8) is 0 Å². The molecule has 154 valence electrons. The predicted octanol–water partition coefficient (Wildman–Crippen LogP) is 3.29. The van der Waals surface area contributed by atoms with Crippen LogP contribution in [0.4, 0.5) is 0 Å². The number of aliphatic imine (C=N–C) groups is 1. The molecule has 0 bridgehead atoms. The number of halogens is 1. The molecule has 28 heavy (non-hydrogen) atoms. The Morgan fingerprint density at radius 3 is 2.32 bits per heavy atom. The summed E-state index contributed by atoms with van der Waals surface area (Å²) < 4.78 is 15.7. The number of ether oxygens (including phenoxy) is 3. The molecule has 0 aliphatic heterocycles. The maximum Gasteiger partial charge on any atom is 0.191 e. The number of nitrogens with zero attached hydrogens (tertiary/aromatic N) is 1. The van der Waals surface area contributed by atoms with Crippen LogP contribution in [-0.4, -0.2) is 38.9 Å². The first-order valence-corrected chi connectivity index (χ1v) is 8.70. The SMILES string of the molecule is CCNC(=NCc1ccc(OC)c(OC)c1)NCc1cccc(OC)c1O.I. The first-order chi connectivity index (χ1) is 13.1. The Kier molecular flexibility index (Phi) is 10.3. The molecule has 0 saturated carbocycles. The zero-order chi connectivity index (χ0) is 19.6. The van der Waals surface area contributed by atoms with Crippen LogP contribution in [0.5, 0.6) is 23.0 Å². The molecule has 0 aliphatic rings. The van der Waals surface area contributed by atoms with Gasteiger partial charge in [0.15, 0.2) is 29.0 Å². The van der Waals surface area contributed by atoms with Crippen molar-refractivity contribution in [3.8, 4) is 23.0 Å². The average Bonchev–Trinajstić information content (AvgIpc) is 2.70. The molecule has 0 unspecified atom stereocenters. The van der Waals surface area contributed by atoms with Crippen molar-refractivity contribution in [2.45, 2.75) is 20.0 Å². The van der Waals surface area contributed by atoms with Crippen molar-refractivity contribution in [2.24, 2.45) is 4.99 Å². The number of guanidine groups is 1. The van der Waals surface area contributed by atoms with Gasteiger partial charge in [-0.15, -0.1) is 24.0 Å². The average molecular weight is 501 g/mol. The fraction of sp³-hybridized carbons (Fsp3) is 0.350. The lowest BCUT2D eigenvalue weighted by Crippen LogP contribution is -2.36. The molecule has 3 N–H and O–H groups in total. The fourth-order valence-corrected chi connectivity index (χ4v) is 2.55. The van der Waals surface area contributed by atoms with Crippen molar-refractivity contribution in [3.05, 3.63) is 47.5 Å². The van der Waals surface area contributed by atoms with Crippen LogP contribution in [0.3, 0.4) is 0 Å². The van der Waals surface area contributed by atoms with Crippen LogP contribution in [0.2, 0.25) is 0 Å². The lowest BCUT2D eigenvalue weighted by Gasteiger charge is -2.14. The van der Waals surface area contributed by atoms with Crippen LogP contribution in [0.25, 0.3) is 0 Å². The molecule has 0 radical (unpaired) electrons. The lowest BCUT2D eigenvalue weighted by atomic mass is 10.2. The maximum absolute atomic E-state index is 10.2. The van der Waals surface area contributed by atoms with Crippen molar-refractivity contribution < 1.29 is 19.3 Å². The first kappa shape index (κ1) is 23.7. The summed E-state index contributed by atoms with van der Waals surface area (Å²) in [6.07, 6.45) is 0. The normalized spacial score (nSPS) is 10.6. The number of aromatic hydroxyl groups is 1. The highest BCUT2D eigenvalue weighted by atomic mass is 127. The minimum Gasteiger partial charge on any atom is -0.504 e. The van der Waals surface area contributed by atoms with E-state index in [1.807, 2.05) is 37.3 Å². The summed E-state index contributed by atoms with van der Waals surface area (Å²) in [6, 6.07) is 11.1. The Hall–Kier alpha value is -2.36. The second-order valence-electron chi connectivity index (χ2n) is 5.71. The molecular weight excluding hydrogens is 473 g/mol. The first-order valence-electron chi connectivity index (χ1n) is 8.70. The molecule has 0 aliphatic carbocycles. The number of hydrogen-bond donors (Lipinski definition) is 3. The largest absolute Gasteiger partial charge is 0.504 e. The summed E-state index contributed by atoms with van der Waals surface area (Å²) in [5, 5.41) is 16.6. The van der Waals surface area contributed by atoms with Gasteiger partial charge in [0.1, 0.15) is 0 Å². The molecule has 0 spiro atoms. The quantitative estimate of drug-likeness (QED) is 0.293. The molecular formula is C20H28IN3O4. The van der Waals surface area contributed by atoms with Gasteiger partial charge in [-0.05, 0) is 30.7 Å². The number of nitrogens with one attached hydrogen (secondary N) is 2. The standard InChI is InChI=1S/C20H27N3O4.HI/c1-5-21-20(23-13-15-7-6-8-17(26-3)19(15)24)22-12-14-9-10-16(25-2)18(11-14)27-4;/h6-11,24H,5,12-13H2,1-4H3,(H2,21,22,23);1H. The van der Waals surface area contributed by atoms with E-state index in [1.165, 1.54) is 7.11 Å². The van der Waals surface area contributed by atoms with Gasteiger partial charge in [-0.1, -0.05) is 18.2 Å². The van der Waals surface area contributed by atoms with E-state index in [9.17, 15) is 5.11 Å². The van der Waals surface area contributed by atoms with Gasteiger partial charge < -0.3 is 30.0 Å². The summed E-state index contributed by atoms with van der Waals surface area (Å²) in [4.78, 5) is 4.59. The molecule has 0 saturated heterocycles. The van der Waals surface area contributed by atoms with Crippen molar-refractivity contribution in [1.29, 1.82) is 0 Å². The summed E-state index contributed by atoms with van der Waals surface area (Å²) in [7, 11) is 4.74. The number of rotatable bonds is 8. The highest BCUT2D eigenvalue weighted by Gasteiger charge is 2.08. The van der Waals surface area contributed by atoms with Gasteiger partial charge in [-0.3, -0.25) is 0 Å². The Bertz CT molecular complexity index is 784. The molecule has 0 amide bonds. The van der Waals surface area contributed by atoms with Crippen LogP contribution < -0.4 is 24.8 Å². The molecule has 8 heteroatoms. The number of phenols is 1. The van der Waals surface area contributed by atoms with Crippen LogP contribution >= 0.6 is 24.0 Å². The van der Waals surface area contributed by atoms with Gasteiger partial charge in [0.25, 0.3) is 0 Å². The second-order valence-corrected chi connectivity index (χ2v) is 5.71. The lowest BCUT2D eigenvalue weighted by molar-refractivity contribution is 0.354. The van der Waals surface area contributed by atoms with Gasteiger partial charge in [-0.25, -0.2) is 4.99 Å². The van der Waals surface area contributed by atoms with Gasteiger partial charge in [0.05, 0.1) is 27.9 Å². The van der Waals surface area contributed by atoms with E-state index in [1.54, 1.807) is 20.3 Å². The Morgan fingerprint density at radius 2 is 1.68 bits per heavy atom. The topological polar surface area (TPSA) is 84.3 Å². The number of hydrogen-bond acceptors (Lipinski definition) is 5. The third-order valence-corrected chi connectivity index (χ3v) is 3.96. The second kappa shape index (κ2) is 12.2. The predicted molar refractivity (Wildman–Crippen MR) is 121 cm³/mol. The van der Waals surface area contributed by atoms with E-state index in [4.69, 9.17) is 14.2 Å². The Morgan fingerprint density at radius 1 is 0.964 bits per heavy atom. The number of phenolic OH excluding ortho intramolecular Hbond substituents is 1. The van der Waals surface area contributed by atoms with E-state index in [-0.39, 0.29) is 29.7 Å². The minimum atomic E-state index is 0. The Labute approximate surface area is 183 Å². The van der Waals surface area contributed by atoms with Crippen molar-refractivity contribution >= 4 is 29.9 Å². The van der Waals surface area contributed by atoms with Gasteiger partial charge in [-0.2, -0.15) is 0 Å². The zero-order valence-corrected chi connectivity index (χ0v) is 18.9. The minimum absolute atomic E-state index is 0. The molecule has 0 atom stereocenters. The molecule has 2 aromatic carbocycles. The third kappa shape index (κ3) is 6.36. The smallest absolute Gasteiger partial charge is 0.191 e. The van der Waals surface area contributed by atoms with Crippen molar-refractivity contribution in [2.75, 3.05) is 27.9 Å². The third-order valence-electron chi connectivity index (χ3n) is 3.96. The van der Waals surface area contributed by atoms with E-state index >= 15 is 0 Å². The molecule has 7 nitrogen and oxygen atoms in total. The number of para-hydroxylation sites is 1. The molecule has 2 aromatic rings. The highest BCUT2D eigenvalue weighted by molar-refractivity contribution is 14.0.